The van der Waals surface area contributed by atoms with E-state index < -0.39 is 0 Å². The molecule has 0 bridgehead atoms. The van der Waals surface area contributed by atoms with Crippen molar-refractivity contribution < 1.29 is 4.79 Å². The number of carbonyl (C=O) groups excluding carboxylic acids is 1. The first-order valence-corrected chi connectivity index (χ1v) is 6.00. The highest BCUT2D eigenvalue weighted by Crippen LogP contribution is 2.01. The quantitative estimate of drug-likeness (QED) is 0.891. The molecule has 0 aliphatic carbocycles. The minimum Gasteiger partial charge on any atom is -0.350 e. The van der Waals surface area contributed by atoms with E-state index in [1.165, 1.54) is 5.56 Å². The van der Waals surface area contributed by atoms with Gasteiger partial charge in [0, 0.05) is 12.7 Å². The Balaban J connectivity index is 1.86. The number of hydrogen-bond donors (Lipinski definition) is 1. The van der Waals surface area contributed by atoms with Crippen LogP contribution in [0, 0.1) is 6.92 Å². The Morgan fingerprint density at radius 3 is 2.72 bits per heavy atom. The molecule has 0 aliphatic rings. The van der Waals surface area contributed by atoms with Gasteiger partial charge in [0.2, 0.25) is 0 Å². The summed E-state index contributed by atoms with van der Waals surface area (Å²) >= 11 is 0. The van der Waals surface area contributed by atoms with Crippen molar-refractivity contribution in [2.24, 2.45) is 0 Å². The second-order valence-corrected chi connectivity index (χ2v) is 4.21. The molecule has 0 unspecified atom stereocenters. The second kappa shape index (κ2) is 5.96. The molecule has 0 saturated carbocycles. The van der Waals surface area contributed by atoms with Gasteiger partial charge in [0.15, 0.2) is 0 Å². The highest BCUT2D eigenvalue weighted by atomic mass is 16.1. The van der Waals surface area contributed by atoms with Gasteiger partial charge in [-0.1, -0.05) is 30.3 Å². The van der Waals surface area contributed by atoms with Crippen LogP contribution < -0.4 is 5.32 Å². The molecule has 0 fully saturated rings. The van der Waals surface area contributed by atoms with Gasteiger partial charge in [0.1, 0.15) is 5.69 Å². The molecule has 18 heavy (non-hydrogen) atoms. The average molecular weight is 240 g/mol. The zero-order valence-electron chi connectivity index (χ0n) is 10.4. The van der Waals surface area contributed by atoms with Crippen molar-refractivity contribution >= 4 is 5.91 Å². The van der Waals surface area contributed by atoms with Crippen molar-refractivity contribution in [3.05, 3.63) is 65.5 Å². The Bertz CT molecular complexity index is 523. The van der Waals surface area contributed by atoms with Crippen molar-refractivity contribution in [2.45, 2.75) is 13.3 Å². The Hall–Kier alpha value is -2.16. The molecule has 0 aliphatic heterocycles. The van der Waals surface area contributed by atoms with Crippen LogP contribution in [0.4, 0.5) is 0 Å². The summed E-state index contributed by atoms with van der Waals surface area (Å²) in [6.07, 6.45) is 2.49. The van der Waals surface area contributed by atoms with Gasteiger partial charge in [0.05, 0.1) is 0 Å². The SMILES string of the molecule is Cc1ccnc(C(=O)NCCc2ccccc2)c1. The van der Waals surface area contributed by atoms with E-state index in [0.29, 0.717) is 12.2 Å². The normalized spacial score (nSPS) is 10.1. The maximum Gasteiger partial charge on any atom is 0.269 e. The van der Waals surface area contributed by atoms with Crippen LogP contribution in [0.1, 0.15) is 21.6 Å². The topological polar surface area (TPSA) is 42.0 Å². The van der Waals surface area contributed by atoms with Crippen molar-refractivity contribution in [1.29, 1.82) is 0 Å². The minimum absolute atomic E-state index is 0.116. The van der Waals surface area contributed by atoms with Gasteiger partial charge < -0.3 is 5.32 Å². The van der Waals surface area contributed by atoms with Crippen molar-refractivity contribution in [3.8, 4) is 0 Å². The van der Waals surface area contributed by atoms with Crippen LogP contribution in [0.3, 0.4) is 0 Å². The molecule has 2 rings (SSSR count). The first-order valence-electron chi connectivity index (χ1n) is 6.00. The van der Waals surface area contributed by atoms with E-state index in [1.807, 2.05) is 31.2 Å². The van der Waals surface area contributed by atoms with E-state index in [2.05, 4.69) is 22.4 Å². The van der Waals surface area contributed by atoms with Gasteiger partial charge in [-0.05, 0) is 36.6 Å². The Labute approximate surface area is 107 Å². The smallest absolute Gasteiger partial charge is 0.269 e. The lowest BCUT2D eigenvalue weighted by atomic mass is 10.1. The van der Waals surface area contributed by atoms with Gasteiger partial charge in [-0.3, -0.25) is 9.78 Å². The minimum atomic E-state index is -0.116. The molecular weight excluding hydrogens is 224 g/mol. The Morgan fingerprint density at radius 1 is 1.22 bits per heavy atom. The molecule has 1 N–H and O–H groups in total. The number of carbonyl (C=O) groups is 1. The fourth-order valence-electron chi connectivity index (χ4n) is 1.72. The van der Waals surface area contributed by atoms with Crippen LogP contribution >= 0.6 is 0 Å². The van der Waals surface area contributed by atoms with E-state index in [9.17, 15) is 4.79 Å². The highest BCUT2D eigenvalue weighted by Gasteiger charge is 2.05. The third kappa shape index (κ3) is 3.42. The molecule has 0 radical (unpaired) electrons. The fourth-order valence-corrected chi connectivity index (χ4v) is 1.72. The van der Waals surface area contributed by atoms with Gasteiger partial charge in [-0.2, -0.15) is 0 Å². The summed E-state index contributed by atoms with van der Waals surface area (Å²) in [6.45, 7) is 2.57. The molecule has 3 heteroatoms. The second-order valence-electron chi connectivity index (χ2n) is 4.21. The van der Waals surface area contributed by atoms with Gasteiger partial charge in [-0.15, -0.1) is 0 Å². The Morgan fingerprint density at radius 2 is 2.00 bits per heavy atom. The van der Waals surface area contributed by atoms with Crippen LogP contribution in [-0.4, -0.2) is 17.4 Å². The number of aryl methyl sites for hydroxylation is 1. The molecule has 1 aromatic carbocycles. The number of amides is 1. The van der Waals surface area contributed by atoms with E-state index >= 15 is 0 Å². The molecule has 0 atom stereocenters. The first kappa shape index (κ1) is 12.3. The van der Waals surface area contributed by atoms with Crippen LogP contribution in [0.25, 0.3) is 0 Å². The predicted molar refractivity (Wildman–Crippen MR) is 71.5 cm³/mol. The van der Waals surface area contributed by atoms with Crippen molar-refractivity contribution in [2.75, 3.05) is 6.54 Å². The predicted octanol–water partition coefficient (Wildman–Crippen LogP) is 2.36. The lowest BCUT2D eigenvalue weighted by Crippen LogP contribution is -2.26. The number of rotatable bonds is 4. The number of nitrogens with one attached hydrogen (secondary N) is 1. The lowest BCUT2D eigenvalue weighted by molar-refractivity contribution is 0.0949. The summed E-state index contributed by atoms with van der Waals surface area (Å²) in [7, 11) is 0. The average Bonchev–Trinajstić information content (AvgIpc) is 2.40. The monoisotopic (exact) mass is 240 g/mol. The van der Waals surface area contributed by atoms with Crippen molar-refractivity contribution in [3.63, 3.8) is 0 Å². The molecule has 3 nitrogen and oxygen atoms in total. The third-order valence-electron chi connectivity index (χ3n) is 2.69. The Kier molecular flexibility index (Phi) is 4.07. The number of pyridine rings is 1. The van der Waals surface area contributed by atoms with Crippen LogP contribution in [0.2, 0.25) is 0 Å². The zero-order chi connectivity index (χ0) is 12.8. The number of benzene rings is 1. The van der Waals surface area contributed by atoms with E-state index in [0.717, 1.165) is 12.0 Å². The zero-order valence-corrected chi connectivity index (χ0v) is 10.4. The summed E-state index contributed by atoms with van der Waals surface area (Å²) in [5.74, 6) is -0.116. The maximum atomic E-state index is 11.8. The third-order valence-corrected chi connectivity index (χ3v) is 2.69. The summed E-state index contributed by atoms with van der Waals surface area (Å²) < 4.78 is 0. The van der Waals surface area contributed by atoms with E-state index in [-0.39, 0.29) is 5.91 Å². The number of nitrogens with zero attached hydrogens (tertiary/aromatic N) is 1. The number of hydrogen-bond acceptors (Lipinski definition) is 2. The van der Waals surface area contributed by atoms with Crippen LogP contribution in [0.15, 0.2) is 48.7 Å². The summed E-state index contributed by atoms with van der Waals surface area (Å²) in [6, 6.07) is 13.8. The molecule has 1 amide bonds. The standard InChI is InChI=1S/C15H16N2O/c1-12-7-9-16-14(11-12)15(18)17-10-8-13-5-3-2-4-6-13/h2-7,9,11H,8,10H2,1H3,(H,17,18). The summed E-state index contributed by atoms with van der Waals surface area (Å²) in [5.41, 5.74) is 2.73. The first-order chi connectivity index (χ1) is 8.75. The van der Waals surface area contributed by atoms with E-state index in [4.69, 9.17) is 0 Å². The molecule has 92 valence electrons. The van der Waals surface area contributed by atoms with Crippen molar-refractivity contribution in [1.82, 2.24) is 10.3 Å². The number of aromatic nitrogens is 1. The molecule has 1 heterocycles. The largest absolute Gasteiger partial charge is 0.350 e. The van der Waals surface area contributed by atoms with Crippen LogP contribution in [-0.2, 0) is 6.42 Å². The molecule has 1 aromatic heterocycles. The fraction of sp³-hybridized carbons (Fsp3) is 0.200. The maximum absolute atomic E-state index is 11.8. The van der Waals surface area contributed by atoms with Crippen LogP contribution in [0.5, 0.6) is 0 Å². The molecule has 0 saturated heterocycles. The van der Waals surface area contributed by atoms with Gasteiger partial charge in [-0.25, -0.2) is 0 Å². The van der Waals surface area contributed by atoms with Gasteiger partial charge >= 0.3 is 0 Å². The van der Waals surface area contributed by atoms with Gasteiger partial charge in [0.25, 0.3) is 5.91 Å². The molecular formula is C15H16N2O. The summed E-state index contributed by atoms with van der Waals surface area (Å²) in [4.78, 5) is 15.9. The van der Waals surface area contributed by atoms with E-state index in [1.54, 1.807) is 12.3 Å². The molecule has 0 spiro atoms. The highest BCUT2D eigenvalue weighted by molar-refractivity contribution is 5.92. The molecule has 2 aromatic rings. The summed E-state index contributed by atoms with van der Waals surface area (Å²) in [5, 5.41) is 2.87. The lowest BCUT2D eigenvalue weighted by Gasteiger charge is -2.05.